The van der Waals surface area contributed by atoms with Gasteiger partial charge in [0.1, 0.15) is 6.26 Å². The molecule has 0 aromatic carbocycles. The van der Waals surface area contributed by atoms with Crippen LogP contribution in [0.15, 0.2) is 24.6 Å². The minimum Gasteiger partial charge on any atom is -0.388 e. The molecule has 1 aliphatic carbocycles. The molecule has 2 heteroatoms. The number of hydrogen-bond donors (Lipinski definition) is 0. The van der Waals surface area contributed by atoms with Gasteiger partial charge >= 0.3 is 0 Å². The molecule has 0 atom stereocenters. The zero-order valence-electron chi connectivity index (χ0n) is 5.16. The molecule has 1 heterocycles. The molecule has 0 amide bonds. The SMILES string of the molecule is C1=CON(C2CC2)C=C1. The molecular formula is C7H9NO. The van der Waals surface area contributed by atoms with Gasteiger partial charge in [-0.3, -0.25) is 0 Å². The molecule has 48 valence electrons. The Morgan fingerprint density at radius 3 is 2.78 bits per heavy atom. The fourth-order valence-corrected chi connectivity index (χ4v) is 0.857. The number of nitrogens with zero attached hydrogens (tertiary/aromatic N) is 1. The molecule has 2 rings (SSSR count). The van der Waals surface area contributed by atoms with Crippen molar-refractivity contribution in [3.8, 4) is 0 Å². The summed E-state index contributed by atoms with van der Waals surface area (Å²) in [4.78, 5) is 5.17. The molecule has 0 radical (unpaired) electrons. The van der Waals surface area contributed by atoms with Crippen molar-refractivity contribution in [3.05, 3.63) is 24.6 Å². The Hall–Kier alpha value is -0.920. The molecule has 2 aliphatic rings. The van der Waals surface area contributed by atoms with E-state index in [1.54, 1.807) is 6.26 Å². The lowest BCUT2D eigenvalue weighted by Gasteiger charge is -2.18. The van der Waals surface area contributed by atoms with Crippen LogP contribution in [0.3, 0.4) is 0 Å². The number of rotatable bonds is 1. The summed E-state index contributed by atoms with van der Waals surface area (Å²) in [5.41, 5.74) is 0. The third kappa shape index (κ3) is 0.922. The van der Waals surface area contributed by atoms with Crippen molar-refractivity contribution in [2.45, 2.75) is 18.9 Å². The first-order valence-electron chi connectivity index (χ1n) is 3.25. The van der Waals surface area contributed by atoms with Crippen LogP contribution >= 0.6 is 0 Å². The summed E-state index contributed by atoms with van der Waals surface area (Å²) in [5, 5.41) is 1.90. The van der Waals surface area contributed by atoms with E-state index in [0.29, 0.717) is 6.04 Å². The summed E-state index contributed by atoms with van der Waals surface area (Å²) < 4.78 is 0. The zero-order chi connectivity index (χ0) is 6.10. The standard InChI is InChI=1S/C7H9NO/c1-2-6-9-8(5-1)7-3-4-7/h1-2,5-7H,3-4H2. The second kappa shape index (κ2) is 1.79. The van der Waals surface area contributed by atoms with Crippen LogP contribution in [0.2, 0.25) is 0 Å². The van der Waals surface area contributed by atoms with Crippen molar-refractivity contribution in [1.82, 2.24) is 5.06 Å². The van der Waals surface area contributed by atoms with Gasteiger partial charge in [-0.25, -0.2) is 5.06 Å². The monoisotopic (exact) mass is 123 g/mol. The zero-order valence-corrected chi connectivity index (χ0v) is 5.16. The summed E-state index contributed by atoms with van der Waals surface area (Å²) in [7, 11) is 0. The van der Waals surface area contributed by atoms with Gasteiger partial charge in [0.05, 0.1) is 6.04 Å². The lowest BCUT2D eigenvalue weighted by Crippen LogP contribution is -2.18. The maximum atomic E-state index is 5.17. The van der Waals surface area contributed by atoms with Crippen molar-refractivity contribution in [2.75, 3.05) is 0 Å². The van der Waals surface area contributed by atoms with E-state index in [0.717, 1.165) is 0 Å². The number of hydroxylamine groups is 2. The Balaban J connectivity index is 1.98. The molecule has 0 N–H and O–H groups in total. The van der Waals surface area contributed by atoms with E-state index in [9.17, 15) is 0 Å². The highest BCUT2D eigenvalue weighted by Crippen LogP contribution is 2.28. The van der Waals surface area contributed by atoms with E-state index in [-0.39, 0.29) is 0 Å². The highest BCUT2D eigenvalue weighted by atomic mass is 16.7. The van der Waals surface area contributed by atoms with Gasteiger partial charge in [-0.1, -0.05) is 0 Å². The minimum absolute atomic E-state index is 0.659. The summed E-state index contributed by atoms with van der Waals surface area (Å²) in [6.45, 7) is 0. The maximum Gasteiger partial charge on any atom is 0.119 e. The summed E-state index contributed by atoms with van der Waals surface area (Å²) >= 11 is 0. The molecule has 0 aromatic heterocycles. The smallest absolute Gasteiger partial charge is 0.119 e. The molecule has 0 spiro atoms. The van der Waals surface area contributed by atoms with Gasteiger partial charge in [0, 0.05) is 6.20 Å². The van der Waals surface area contributed by atoms with E-state index in [1.165, 1.54) is 12.8 Å². The van der Waals surface area contributed by atoms with Gasteiger partial charge in [0.15, 0.2) is 0 Å². The highest BCUT2D eigenvalue weighted by molar-refractivity contribution is 5.03. The molecule has 9 heavy (non-hydrogen) atoms. The van der Waals surface area contributed by atoms with Crippen molar-refractivity contribution < 1.29 is 4.84 Å². The predicted octanol–water partition coefficient (Wildman–Crippen LogP) is 1.42. The van der Waals surface area contributed by atoms with Gasteiger partial charge in [-0.05, 0) is 25.0 Å². The van der Waals surface area contributed by atoms with Crippen molar-refractivity contribution in [3.63, 3.8) is 0 Å². The Morgan fingerprint density at radius 2 is 2.22 bits per heavy atom. The van der Waals surface area contributed by atoms with Gasteiger partial charge in [-0.15, -0.1) is 0 Å². The van der Waals surface area contributed by atoms with Crippen LogP contribution in [0.1, 0.15) is 12.8 Å². The summed E-state index contributed by atoms with van der Waals surface area (Å²) in [6.07, 6.45) is 10.1. The van der Waals surface area contributed by atoms with Crippen LogP contribution in [-0.2, 0) is 4.84 Å². The summed E-state index contributed by atoms with van der Waals surface area (Å²) in [6, 6.07) is 0.659. The fraction of sp³-hybridized carbons (Fsp3) is 0.429. The molecular weight excluding hydrogens is 114 g/mol. The molecule has 1 aliphatic heterocycles. The first-order valence-corrected chi connectivity index (χ1v) is 3.25. The maximum absolute atomic E-state index is 5.17. The first-order chi connectivity index (χ1) is 4.47. The second-order valence-corrected chi connectivity index (χ2v) is 2.37. The van der Waals surface area contributed by atoms with Crippen LogP contribution in [-0.4, -0.2) is 11.1 Å². The average Bonchev–Trinajstić information content (AvgIpc) is 2.71. The van der Waals surface area contributed by atoms with Crippen molar-refractivity contribution >= 4 is 0 Å². The summed E-state index contributed by atoms with van der Waals surface area (Å²) in [5.74, 6) is 0. The van der Waals surface area contributed by atoms with Gasteiger partial charge in [0.2, 0.25) is 0 Å². The van der Waals surface area contributed by atoms with Gasteiger partial charge < -0.3 is 4.84 Å². The average molecular weight is 123 g/mol. The van der Waals surface area contributed by atoms with E-state index in [1.807, 2.05) is 23.4 Å². The fourth-order valence-electron chi connectivity index (χ4n) is 0.857. The van der Waals surface area contributed by atoms with Crippen LogP contribution in [0.4, 0.5) is 0 Å². The molecule has 0 aromatic rings. The van der Waals surface area contributed by atoms with Crippen LogP contribution in [0, 0.1) is 0 Å². The second-order valence-electron chi connectivity index (χ2n) is 2.37. The largest absolute Gasteiger partial charge is 0.388 e. The molecule has 0 saturated heterocycles. The molecule has 1 fully saturated rings. The van der Waals surface area contributed by atoms with E-state index in [2.05, 4.69) is 0 Å². The van der Waals surface area contributed by atoms with E-state index < -0.39 is 0 Å². The van der Waals surface area contributed by atoms with Crippen LogP contribution in [0.5, 0.6) is 0 Å². The Bertz CT molecular complexity index is 158. The Morgan fingerprint density at radius 1 is 1.33 bits per heavy atom. The third-order valence-electron chi connectivity index (χ3n) is 1.51. The topological polar surface area (TPSA) is 12.5 Å². The van der Waals surface area contributed by atoms with Crippen LogP contribution in [0.25, 0.3) is 0 Å². The lowest BCUT2D eigenvalue weighted by molar-refractivity contribution is -0.0674. The van der Waals surface area contributed by atoms with Crippen molar-refractivity contribution in [1.29, 1.82) is 0 Å². The minimum atomic E-state index is 0.659. The van der Waals surface area contributed by atoms with Crippen molar-refractivity contribution in [2.24, 2.45) is 0 Å². The Labute approximate surface area is 54.4 Å². The van der Waals surface area contributed by atoms with Gasteiger partial charge in [-0.2, -0.15) is 0 Å². The quantitative estimate of drug-likeness (QED) is 0.523. The molecule has 0 bridgehead atoms. The first kappa shape index (κ1) is 4.91. The molecule has 0 unspecified atom stereocenters. The lowest BCUT2D eigenvalue weighted by atomic mass is 10.5. The normalized spacial score (nSPS) is 24.2. The van der Waals surface area contributed by atoms with Gasteiger partial charge in [0.25, 0.3) is 0 Å². The molecule has 1 saturated carbocycles. The number of hydrogen-bond acceptors (Lipinski definition) is 2. The van der Waals surface area contributed by atoms with Crippen LogP contribution < -0.4 is 0 Å². The number of allylic oxidation sites excluding steroid dienone is 2. The predicted molar refractivity (Wildman–Crippen MR) is 34.2 cm³/mol. The third-order valence-corrected chi connectivity index (χ3v) is 1.51. The van der Waals surface area contributed by atoms with E-state index in [4.69, 9.17) is 4.84 Å². The highest BCUT2D eigenvalue weighted by Gasteiger charge is 2.28. The molecule has 2 nitrogen and oxygen atoms in total. The van der Waals surface area contributed by atoms with E-state index >= 15 is 0 Å². The Kier molecular flexibility index (Phi) is 0.979.